The molecule has 5 heteroatoms. The minimum Gasteiger partial charge on any atom is -0.507 e. The number of phenols is 1. The summed E-state index contributed by atoms with van der Waals surface area (Å²) in [7, 11) is 0. The zero-order valence-corrected chi connectivity index (χ0v) is 18.4. The molecule has 1 aliphatic carbocycles. The molecule has 1 heterocycles. The van der Waals surface area contributed by atoms with Crippen molar-refractivity contribution in [3.63, 3.8) is 0 Å². The molecular weight excluding hydrogens is 393 g/mol. The Morgan fingerprint density at radius 3 is 2.68 bits per heavy atom. The molecule has 0 bridgehead atoms. The second kappa shape index (κ2) is 8.37. The molecule has 0 spiro atoms. The summed E-state index contributed by atoms with van der Waals surface area (Å²) >= 11 is 0. The Balaban J connectivity index is 1.96. The lowest BCUT2D eigenvalue weighted by Gasteiger charge is -2.30. The number of nitrogens with zero attached hydrogens (tertiary/aromatic N) is 1. The molecular formula is C26H30FNO3. The topological polar surface area (TPSA) is 62.5 Å². The summed E-state index contributed by atoms with van der Waals surface area (Å²) in [4.78, 5) is 11.3. The molecule has 2 atom stereocenters. The molecule has 0 radical (unpaired) electrons. The molecule has 0 saturated heterocycles. The van der Waals surface area contributed by atoms with Gasteiger partial charge in [0, 0.05) is 23.2 Å². The number of halogens is 1. The normalized spacial score (nSPS) is 19.3. The SMILES string of the molecule is Cc1cc(-n2c(C(C)C)c(C3CCCC(CC(=O)O)C3)c3c(O)cccc32)ccc1F. The van der Waals surface area contributed by atoms with Crippen LogP contribution in [0.15, 0.2) is 36.4 Å². The van der Waals surface area contributed by atoms with Crippen molar-refractivity contribution in [1.29, 1.82) is 0 Å². The van der Waals surface area contributed by atoms with Crippen molar-refractivity contribution < 1.29 is 19.4 Å². The van der Waals surface area contributed by atoms with Crippen LogP contribution in [0.4, 0.5) is 4.39 Å². The zero-order chi connectivity index (χ0) is 22.3. The number of rotatable bonds is 5. The fourth-order valence-electron chi connectivity index (χ4n) is 5.38. The molecule has 164 valence electrons. The van der Waals surface area contributed by atoms with E-state index in [9.17, 15) is 19.4 Å². The Hall–Kier alpha value is -2.82. The van der Waals surface area contributed by atoms with E-state index in [0.717, 1.165) is 53.5 Å². The highest BCUT2D eigenvalue weighted by molar-refractivity contribution is 5.93. The van der Waals surface area contributed by atoms with Crippen molar-refractivity contribution >= 4 is 16.9 Å². The second-order valence-electron chi connectivity index (χ2n) is 9.22. The molecule has 1 saturated carbocycles. The van der Waals surface area contributed by atoms with E-state index in [2.05, 4.69) is 18.4 Å². The van der Waals surface area contributed by atoms with E-state index < -0.39 is 5.97 Å². The first kappa shape index (κ1) is 21.4. The average Bonchev–Trinajstić information content (AvgIpc) is 3.07. The standard InChI is InChI=1S/C26H30FNO3/c1-15(2)26-24(18-7-4-6-17(13-18)14-23(30)31)25-21(8-5-9-22(25)29)28(26)19-10-11-20(27)16(3)12-19/h5,8-12,15,17-18,29H,4,6-7,13-14H2,1-3H3,(H,30,31). The van der Waals surface area contributed by atoms with Gasteiger partial charge >= 0.3 is 5.97 Å². The van der Waals surface area contributed by atoms with Crippen LogP contribution in [0, 0.1) is 18.7 Å². The molecule has 31 heavy (non-hydrogen) atoms. The van der Waals surface area contributed by atoms with Crippen molar-refractivity contribution in [3.05, 3.63) is 59.0 Å². The van der Waals surface area contributed by atoms with Gasteiger partial charge in [0.25, 0.3) is 0 Å². The molecule has 1 aromatic heterocycles. The van der Waals surface area contributed by atoms with Crippen LogP contribution in [-0.2, 0) is 4.79 Å². The summed E-state index contributed by atoms with van der Waals surface area (Å²) in [6.07, 6.45) is 3.89. The lowest BCUT2D eigenvalue weighted by atomic mass is 9.75. The van der Waals surface area contributed by atoms with E-state index >= 15 is 0 Å². The minimum atomic E-state index is -0.748. The van der Waals surface area contributed by atoms with Crippen molar-refractivity contribution in [2.75, 3.05) is 0 Å². The van der Waals surface area contributed by atoms with E-state index in [0.29, 0.717) is 5.56 Å². The lowest BCUT2D eigenvalue weighted by Crippen LogP contribution is -2.18. The maximum atomic E-state index is 14.0. The molecule has 3 aromatic rings. The van der Waals surface area contributed by atoms with E-state index in [1.54, 1.807) is 19.1 Å². The van der Waals surface area contributed by atoms with Crippen LogP contribution < -0.4 is 0 Å². The van der Waals surface area contributed by atoms with Crippen LogP contribution in [0.3, 0.4) is 0 Å². The third kappa shape index (κ3) is 3.93. The monoisotopic (exact) mass is 423 g/mol. The van der Waals surface area contributed by atoms with Gasteiger partial charge in [-0.25, -0.2) is 4.39 Å². The Labute approximate surface area is 182 Å². The number of benzene rings is 2. The van der Waals surface area contributed by atoms with Crippen molar-refractivity contribution in [1.82, 2.24) is 4.57 Å². The molecule has 1 fully saturated rings. The van der Waals surface area contributed by atoms with Gasteiger partial charge in [-0.05, 0) is 85.4 Å². The van der Waals surface area contributed by atoms with Crippen LogP contribution in [-0.4, -0.2) is 20.7 Å². The Kier molecular flexibility index (Phi) is 5.78. The van der Waals surface area contributed by atoms with Gasteiger partial charge in [-0.15, -0.1) is 0 Å². The van der Waals surface area contributed by atoms with Crippen molar-refractivity contribution in [3.8, 4) is 11.4 Å². The number of hydrogen-bond donors (Lipinski definition) is 2. The number of carbonyl (C=O) groups is 1. The second-order valence-corrected chi connectivity index (χ2v) is 9.22. The third-order valence-electron chi connectivity index (χ3n) is 6.65. The smallest absolute Gasteiger partial charge is 0.303 e. The first-order valence-corrected chi connectivity index (χ1v) is 11.1. The highest BCUT2D eigenvalue weighted by Crippen LogP contribution is 2.47. The first-order chi connectivity index (χ1) is 14.8. The number of carboxylic acids is 1. The number of aryl methyl sites for hydroxylation is 1. The van der Waals surface area contributed by atoms with Crippen LogP contribution in [0.1, 0.15) is 74.6 Å². The number of aromatic nitrogens is 1. The van der Waals surface area contributed by atoms with E-state index in [1.165, 1.54) is 6.07 Å². The Bertz CT molecular complexity index is 1130. The molecule has 2 N–H and O–H groups in total. The molecule has 0 amide bonds. The van der Waals surface area contributed by atoms with Gasteiger partial charge in [-0.3, -0.25) is 4.79 Å². The average molecular weight is 424 g/mol. The first-order valence-electron chi connectivity index (χ1n) is 11.1. The summed E-state index contributed by atoms with van der Waals surface area (Å²) in [5.41, 5.74) is 4.60. The number of phenolic OH excluding ortho intramolecular Hbond substituents is 1. The summed E-state index contributed by atoms with van der Waals surface area (Å²) in [5.74, 6) is -0.234. The third-order valence-corrected chi connectivity index (χ3v) is 6.65. The van der Waals surface area contributed by atoms with Gasteiger partial charge in [0.05, 0.1) is 5.52 Å². The van der Waals surface area contributed by atoms with Crippen LogP contribution >= 0.6 is 0 Å². The van der Waals surface area contributed by atoms with Crippen molar-refractivity contribution in [2.24, 2.45) is 5.92 Å². The summed E-state index contributed by atoms with van der Waals surface area (Å²) < 4.78 is 16.2. The predicted octanol–water partition coefficient (Wildman–Crippen LogP) is 6.66. The van der Waals surface area contributed by atoms with Gasteiger partial charge < -0.3 is 14.8 Å². The molecule has 0 aliphatic heterocycles. The molecule has 2 aromatic carbocycles. The molecule has 4 nitrogen and oxygen atoms in total. The molecule has 2 unspecified atom stereocenters. The number of hydrogen-bond acceptors (Lipinski definition) is 2. The fourth-order valence-corrected chi connectivity index (χ4v) is 5.38. The van der Waals surface area contributed by atoms with Crippen molar-refractivity contribution in [2.45, 2.75) is 64.7 Å². The van der Waals surface area contributed by atoms with Gasteiger partial charge in [-0.2, -0.15) is 0 Å². The number of aliphatic carboxylic acids is 1. The van der Waals surface area contributed by atoms with E-state index in [1.807, 2.05) is 18.2 Å². The van der Waals surface area contributed by atoms with Gasteiger partial charge in [0.2, 0.25) is 0 Å². The summed E-state index contributed by atoms with van der Waals surface area (Å²) in [5, 5.41) is 21.0. The maximum absolute atomic E-state index is 14.0. The van der Waals surface area contributed by atoms with E-state index in [4.69, 9.17) is 0 Å². The number of aromatic hydroxyl groups is 1. The Morgan fingerprint density at radius 2 is 2.00 bits per heavy atom. The highest BCUT2D eigenvalue weighted by atomic mass is 19.1. The number of fused-ring (bicyclic) bond motifs is 1. The van der Waals surface area contributed by atoms with Gasteiger partial charge in [0.1, 0.15) is 11.6 Å². The highest BCUT2D eigenvalue weighted by Gasteiger charge is 2.32. The summed E-state index contributed by atoms with van der Waals surface area (Å²) in [6.45, 7) is 6.04. The molecule has 1 aliphatic rings. The molecule has 4 rings (SSSR count). The predicted molar refractivity (Wildman–Crippen MR) is 121 cm³/mol. The largest absolute Gasteiger partial charge is 0.507 e. The van der Waals surface area contributed by atoms with Crippen LogP contribution in [0.25, 0.3) is 16.6 Å². The van der Waals surface area contributed by atoms with Crippen LogP contribution in [0.5, 0.6) is 5.75 Å². The summed E-state index contributed by atoms with van der Waals surface area (Å²) in [6, 6.07) is 10.7. The van der Waals surface area contributed by atoms with Gasteiger partial charge in [-0.1, -0.05) is 26.3 Å². The maximum Gasteiger partial charge on any atom is 0.303 e. The quantitative estimate of drug-likeness (QED) is 0.483. The minimum absolute atomic E-state index is 0.147. The van der Waals surface area contributed by atoms with Gasteiger partial charge in [0.15, 0.2) is 0 Å². The lowest BCUT2D eigenvalue weighted by molar-refractivity contribution is -0.138. The van der Waals surface area contributed by atoms with Crippen LogP contribution in [0.2, 0.25) is 0 Å². The zero-order valence-electron chi connectivity index (χ0n) is 18.4. The Morgan fingerprint density at radius 1 is 1.23 bits per heavy atom. The van der Waals surface area contributed by atoms with E-state index in [-0.39, 0.29) is 35.7 Å². The fraction of sp³-hybridized carbons (Fsp3) is 0.423. The number of carboxylic acid groups (broad SMARTS) is 1.